The van der Waals surface area contributed by atoms with Gasteiger partial charge in [-0.25, -0.2) is 4.98 Å². The van der Waals surface area contributed by atoms with Gasteiger partial charge < -0.3 is 13.9 Å². The lowest BCUT2D eigenvalue weighted by Gasteiger charge is -2.27. The van der Waals surface area contributed by atoms with Gasteiger partial charge in [0.05, 0.1) is 34.7 Å². The fourth-order valence-electron chi connectivity index (χ4n) is 7.95. The molecule has 9 aromatic carbocycles. The van der Waals surface area contributed by atoms with Gasteiger partial charge in [-0.05, 0) is 82.2 Å². The Kier molecular flexibility index (Phi) is 5.87. The fourth-order valence-corrected chi connectivity index (χ4v) is 7.95. The minimum absolute atomic E-state index is 0.124. The summed E-state index contributed by atoms with van der Waals surface area (Å²) >= 11 is 0. The van der Waals surface area contributed by atoms with E-state index >= 15 is 0 Å². The van der Waals surface area contributed by atoms with Gasteiger partial charge in [-0.15, -0.1) is 0 Å². The third-order valence-corrected chi connectivity index (χ3v) is 10.4. The number of anilines is 3. The SMILES string of the molecule is [2H]c1c([2H])c([2H])c(-n2c3ccccc3c3c(N(c4cccc(-c5ccccc5)c4)c4cccc5nc(-c6ccccc6-c6ccccc6)oc45)cc4c([2H])c([2H])c([2H])c([2H])c4c32)c([2H])c1[2H]. The van der Waals surface area contributed by atoms with Gasteiger partial charge in [-0.2, -0.15) is 0 Å². The van der Waals surface area contributed by atoms with Crippen molar-refractivity contribution in [1.82, 2.24) is 9.55 Å². The molecule has 4 nitrogen and oxygen atoms in total. The number of benzene rings is 9. The lowest BCUT2D eigenvalue weighted by molar-refractivity contribution is 0.620. The van der Waals surface area contributed by atoms with Crippen LogP contribution in [0.5, 0.6) is 0 Å². The summed E-state index contributed by atoms with van der Waals surface area (Å²) in [5.41, 5.74) is 7.85. The highest BCUT2D eigenvalue weighted by Gasteiger charge is 2.26. The van der Waals surface area contributed by atoms with Gasteiger partial charge in [-0.1, -0.05) is 158 Å². The van der Waals surface area contributed by atoms with Crippen molar-refractivity contribution in [3.05, 3.63) is 212 Å². The Morgan fingerprint density at radius 3 is 2.05 bits per heavy atom. The Labute approximate surface area is 342 Å². The van der Waals surface area contributed by atoms with Crippen molar-refractivity contribution in [2.45, 2.75) is 0 Å². The average molecular weight is 739 g/mol. The van der Waals surface area contributed by atoms with E-state index in [2.05, 4.69) is 0 Å². The molecule has 0 saturated carbocycles. The maximum absolute atomic E-state index is 9.43. The zero-order valence-electron chi connectivity index (χ0n) is 39.3. The maximum Gasteiger partial charge on any atom is 0.228 e. The highest BCUT2D eigenvalue weighted by molar-refractivity contribution is 6.25. The predicted molar refractivity (Wildman–Crippen MR) is 237 cm³/mol. The van der Waals surface area contributed by atoms with Crippen molar-refractivity contribution in [2.75, 3.05) is 4.90 Å². The lowest BCUT2D eigenvalue weighted by Crippen LogP contribution is -2.11. The molecule has 2 aromatic heterocycles. The third-order valence-electron chi connectivity index (χ3n) is 10.4. The summed E-state index contributed by atoms with van der Waals surface area (Å²) < 4.78 is 89.4. The molecule has 0 fully saturated rings. The molecule has 0 bridgehead atoms. The largest absolute Gasteiger partial charge is 0.434 e. The number of hydrogen-bond donors (Lipinski definition) is 0. The molecule has 11 rings (SSSR count). The average Bonchev–Trinajstić information content (AvgIpc) is 3.95. The maximum atomic E-state index is 9.43. The Balaban J connectivity index is 1.31. The van der Waals surface area contributed by atoms with E-state index in [-0.39, 0.29) is 34.1 Å². The monoisotopic (exact) mass is 738 g/mol. The first-order chi connectivity index (χ1) is 32.0. The number of rotatable bonds is 7. The first kappa shape index (κ1) is 24.7. The van der Waals surface area contributed by atoms with E-state index in [1.807, 2.05) is 144 Å². The van der Waals surface area contributed by atoms with E-state index < -0.39 is 42.3 Å². The minimum Gasteiger partial charge on any atom is -0.434 e. The molecule has 0 radical (unpaired) electrons. The van der Waals surface area contributed by atoms with Crippen molar-refractivity contribution in [2.24, 2.45) is 0 Å². The van der Waals surface area contributed by atoms with Crippen molar-refractivity contribution in [3.63, 3.8) is 0 Å². The molecule has 0 N–H and O–H groups in total. The zero-order chi connectivity index (χ0) is 45.5. The van der Waals surface area contributed by atoms with E-state index in [9.17, 15) is 5.48 Å². The Morgan fingerprint density at radius 1 is 0.526 bits per heavy atom. The van der Waals surface area contributed by atoms with Crippen LogP contribution >= 0.6 is 0 Å². The van der Waals surface area contributed by atoms with Crippen LogP contribution in [0.25, 0.3) is 83.1 Å². The molecule has 2 heterocycles. The smallest absolute Gasteiger partial charge is 0.228 e. The standard InChI is InChI=1S/C53H35N3O/c1-4-18-36(19-5-1)38-23-16-26-41(34-38)55(48-33-17-31-46-52(48)57-53(54-46)44-29-13-12-27-42(44)37-20-6-2-7-21-37)49-35-39-22-10-11-28-43(39)51-50(49)45-30-14-15-32-47(45)56(51)40-24-8-3-9-25-40/h1-35H/i3D,8D,9D,10D,11D,22D,24D,25D,28D. The minimum atomic E-state index is -0.558. The summed E-state index contributed by atoms with van der Waals surface area (Å²) in [7, 11) is 0. The summed E-state index contributed by atoms with van der Waals surface area (Å²) in [6.07, 6.45) is 0. The van der Waals surface area contributed by atoms with E-state index in [4.69, 9.17) is 16.3 Å². The molecule has 0 aliphatic rings. The zero-order valence-corrected chi connectivity index (χ0v) is 30.3. The van der Waals surface area contributed by atoms with E-state index in [1.54, 1.807) is 22.8 Å². The van der Waals surface area contributed by atoms with Gasteiger partial charge in [0.2, 0.25) is 5.89 Å². The molecule has 4 heteroatoms. The number of oxazole rings is 1. The fraction of sp³-hybridized carbons (Fsp3) is 0. The van der Waals surface area contributed by atoms with E-state index in [0.717, 1.165) is 27.8 Å². The quantitative estimate of drug-likeness (QED) is 0.163. The predicted octanol–water partition coefficient (Wildman–Crippen LogP) is 14.5. The number of para-hydroxylation sites is 3. The van der Waals surface area contributed by atoms with Gasteiger partial charge in [0.25, 0.3) is 0 Å². The van der Waals surface area contributed by atoms with Crippen molar-refractivity contribution < 1.29 is 16.8 Å². The van der Waals surface area contributed by atoms with Crippen LogP contribution in [-0.2, 0) is 0 Å². The van der Waals surface area contributed by atoms with Crippen LogP contribution in [0.15, 0.2) is 217 Å². The molecule has 57 heavy (non-hydrogen) atoms. The van der Waals surface area contributed by atoms with Crippen molar-refractivity contribution in [3.8, 4) is 39.4 Å². The first-order valence-electron chi connectivity index (χ1n) is 23.1. The topological polar surface area (TPSA) is 34.2 Å². The van der Waals surface area contributed by atoms with Crippen LogP contribution in [0.4, 0.5) is 17.1 Å². The summed E-state index contributed by atoms with van der Waals surface area (Å²) in [5.74, 6) is 0.394. The van der Waals surface area contributed by atoms with E-state index in [1.165, 1.54) is 0 Å². The molecule has 0 aliphatic carbocycles. The van der Waals surface area contributed by atoms with Crippen LogP contribution in [0, 0.1) is 0 Å². The molecule has 0 unspecified atom stereocenters. The number of fused-ring (bicyclic) bond motifs is 6. The third kappa shape index (κ3) is 5.50. The van der Waals surface area contributed by atoms with Crippen molar-refractivity contribution >= 4 is 60.7 Å². The molecule has 268 valence electrons. The number of hydrogen-bond acceptors (Lipinski definition) is 3. The second-order valence-corrected chi connectivity index (χ2v) is 13.7. The normalized spacial score (nSPS) is 13.7. The van der Waals surface area contributed by atoms with Crippen molar-refractivity contribution in [1.29, 1.82) is 0 Å². The molecule has 0 saturated heterocycles. The van der Waals surface area contributed by atoms with Gasteiger partial charge in [-0.3, -0.25) is 0 Å². The van der Waals surface area contributed by atoms with E-state index in [0.29, 0.717) is 50.3 Å². The van der Waals surface area contributed by atoms with Gasteiger partial charge >= 0.3 is 0 Å². The van der Waals surface area contributed by atoms with Crippen LogP contribution in [-0.4, -0.2) is 9.55 Å². The molecule has 0 spiro atoms. The van der Waals surface area contributed by atoms with Crippen LogP contribution < -0.4 is 4.90 Å². The highest BCUT2D eigenvalue weighted by atomic mass is 16.3. The molecule has 0 atom stereocenters. The molecular formula is C53H35N3O. The van der Waals surface area contributed by atoms with Crippen LogP contribution in [0.3, 0.4) is 0 Å². The second kappa shape index (κ2) is 13.6. The van der Waals surface area contributed by atoms with Crippen LogP contribution in [0.1, 0.15) is 12.3 Å². The highest BCUT2D eigenvalue weighted by Crippen LogP contribution is 2.49. The number of aromatic nitrogens is 2. The van der Waals surface area contributed by atoms with Crippen LogP contribution in [0.2, 0.25) is 0 Å². The Morgan fingerprint density at radius 2 is 1.21 bits per heavy atom. The molecule has 0 aliphatic heterocycles. The summed E-state index contributed by atoms with van der Waals surface area (Å²) in [5, 5.41) is 1.39. The Bertz CT molecular complexity index is 3750. The van der Waals surface area contributed by atoms with Gasteiger partial charge in [0.1, 0.15) is 5.52 Å². The summed E-state index contributed by atoms with van der Waals surface area (Å²) in [6.45, 7) is 0. The molecule has 11 aromatic rings. The molecular weight excluding hydrogens is 695 g/mol. The summed E-state index contributed by atoms with van der Waals surface area (Å²) in [6, 6.07) is 46.4. The molecule has 0 amide bonds. The van der Waals surface area contributed by atoms with Gasteiger partial charge in [0, 0.05) is 33.1 Å². The first-order valence-corrected chi connectivity index (χ1v) is 18.6. The number of nitrogens with zero attached hydrogens (tertiary/aromatic N) is 3. The Hall–Kier alpha value is -7.69. The van der Waals surface area contributed by atoms with Gasteiger partial charge in [0.15, 0.2) is 5.58 Å². The summed E-state index contributed by atoms with van der Waals surface area (Å²) in [4.78, 5) is 7.06. The second-order valence-electron chi connectivity index (χ2n) is 13.7. The lowest BCUT2D eigenvalue weighted by atomic mass is 10.00.